The predicted octanol–water partition coefficient (Wildman–Crippen LogP) is -1.51. The molecular weight excluding hydrogens is 260 g/mol. The third kappa shape index (κ3) is 2.85. The Morgan fingerprint density at radius 1 is 1.50 bits per heavy atom. The smallest absolute Gasteiger partial charge is 0.271 e. The van der Waals surface area contributed by atoms with Crippen LogP contribution < -0.4 is 21.3 Å². The van der Waals surface area contributed by atoms with Gasteiger partial charge in [-0.25, -0.2) is 9.97 Å². The Balaban J connectivity index is 2.33. The van der Waals surface area contributed by atoms with Crippen LogP contribution in [-0.4, -0.2) is 54.0 Å². The molecule has 1 aliphatic heterocycles. The van der Waals surface area contributed by atoms with Crippen LogP contribution in [-0.2, 0) is 4.79 Å². The molecule has 4 N–H and O–H groups in total. The van der Waals surface area contributed by atoms with Crippen LogP contribution in [0.5, 0.6) is 0 Å². The average Bonchev–Trinajstić information content (AvgIpc) is 2.47. The van der Waals surface area contributed by atoms with Crippen LogP contribution in [0.1, 0.15) is 17.4 Å². The summed E-state index contributed by atoms with van der Waals surface area (Å²) < 4.78 is 0. The maximum absolute atomic E-state index is 12.1. The molecule has 108 valence electrons. The largest absolute Gasteiger partial charge is 0.364 e. The zero-order valence-electron chi connectivity index (χ0n) is 11.3. The third-order valence-electron chi connectivity index (χ3n) is 3.08. The summed E-state index contributed by atoms with van der Waals surface area (Å²) in [6, 6.07) is -0.432. The molecule has 1 saturated heterocycles. The van der Waals surface area contributed by atoms with E-state index in [-0.39, 0.29) is 11.6 Å². The van der Waals surface area contributed by atoms with Crippen LogP contribution in [0.25, 0.3) is 0 Å². The highest BCUT2D eigenvalue weighted by atomic mass is 16.2. The molecule has 1 unspecified atom stereocenters. The summed E-state index contributed by atoms with van der Waals surface area (Å²) in [5.74, 6) is -0.403. The molecule has 0 bridgehead atoms. The van der Waals surface area contributed by atoms with Crippen molar-refractivity contribution in [1.82, 2.24) is 20.6 Å². The van der Waals surface area contributed by atoms with Crippen molar-refractivity contribution in [3.8, 4) is 0 Å². The number of nitrogens with one attached hydrogen (secondary N) is 2. The van der Waals surface area contributed by atoms with E-state index in [0.717, 1.165) is 0 Å². The van der Waals surface area contributed by atoms with Crippen LogP contribution in [0.3, 0.4) is 0 Å². The number of nitrogens with two attached hydrogens (primary N) is 1. The van der Waals surface area contributed by atoms with Gasteiger partial charge in [0.25, 0.3) is 5.91 Å². The molecule has 0 saturated carbocycles. The van der Waals surface area contributed by atoms with E-state index in [4.69, 9.17) is 5.73 Å². The fourth-order valence-corrected chi connectivity index (χ4v) is 2.20. The number of likely N-dealkylation sites (N-methyl/N-ethyl adjacent to an activating group) is 1. The van der Waals surface area contributed by atoms with Crippen molar-refractivity contribution in [3.05, 3.63) is 18.1 Å². The fraction of sp³-hybridized carbons (Fsp3) is 0.500. The molecule has 2 heterocycles. The molecule has 8 heteroatoms. The predicted molar refractivity (Wildman–Crippen MR) is 73.2 cm³/mol. The van der Waals surface area contributed by atoms with Gasteiger partial charge in [0.1, 0.15) is 6.04 Å². The molecular formula is C12H18N6O2. The first-order valence-corrected chi connectivity index (χ1v) is 6.51. The number of amides is 2. The first-order chi connectivity index (χ1) is 9.65. The lowest BCUT2D eigenvalue weighted by molar-refractivity contribution is -0.122. The van der Waals surface area contributed by atoms with Gasteiger partial charge < -0.3 is 21.3 Å². The molecule has 1 aliphatic rings. The molecule has 1 aromatic heterocycles. The molecule has 2 rings (SSSR count). The molecule has 0 aromatic carbocycles. The second-order valence-corrected chi connectivity index (χ2v) is 4.40. The van der Waals surface area contributed by atoms with Crippen LogP contribution >= 0.6 is 0 Å². The standard InChI is InChI=1S/C12H18N6O2/c1-2-15-12(20)8-7-14-5-6-18(8)11-9(10(13)19)16-3-4-17-11/h3-4,8,14H,2,5-7H2,1H3,(H2,13,19)(H,15,20). The number of piperazine rings is 1. The molecule has 2 amide bonds. The number of anilines is 1. The Morgan fingerprint density at radius 2 is 2.25 bits per heavy atom. The van der Waals surface area contributed by atoms with E-state index in [1.807, 2.05) is 6.92 Å². The Morgan fingerprint density at radius 3 is 2.95 bits per heavy atom. The molecule has 20 heavy (non-hydrogen) atoms. The van der Waals surface area contributed by atoms with Gasteiger partial charge in [-0.3, -0.25) is 9.59 Å². The number of nitrogens with zero attached hydrogens (tertiary/aromatic N) is 3. The Kier molecular flexibility index (Phi) is 4.46. The fourth-order valence-electron chi connectivity index (χ4n) is 2.20. The third-order valence-corrected chi connectivity index (χ3v) is 3.08. The highest BCUT2D eigenvalue weighted by molar-refractivity contribution is 5.96. The highest BCUT2D eigenvalue weighted by Gasteiger charge is 2.31. The van der Waals surface area contributed by atoms with Crippen LogP contribution in [0.15, 0.2) is 12.4 Å². The minimum Gasteiger partial charge on any atom is -0.364 e. The van der Waals surface area contributed by atoms with E-state index in [9.17, 15) is 9.59 Å². The zero-order valence-corrected chi connectivity index (χ0v) is 11.3. The summed E-state index contributed by atoms with van der Waals surface area (Å²) in [6.07, 6.45) is 2.89. The quantitative estimate of drug-likeness (QED) is 0.617. The van der Waals surface area contributed by atoms with Crippen molar-refractivity contribution in [3.63, 3.8) is 0 Å². The first kappa shape index (κ1) is 14.2. The van der Waals surface area contributed by atoms with Gasteiger partial charge in [0.15, 0.2) is 11.5 Å². The van der Waals surface area contributed by atoms with Crippen molar-refractivity contribution < 1.29 is 9.59 Å². The number of carbonyl (C=O) groups is 2. The molecule has 0 radical (unpaired) electrons. The Bertz CT molecular complexity index is 506. The number of hydrogen-bond acceptors (Lipinski definition) is 6. The zero-order chi connectivity index (χ0) is 14.5. The number of rotatable bonds is 4. The van der Waals surface area contributed by atoms with Crippen molar-refractivity contribution in [2.75, 3.05) is 31.1 Å². The van der Waals surface area contributed by atoms with Crippen molar-refractivity contribution in [2.24, 2.45) is 5.73 Å². The average molecular weight is 278 g/mol. The summed E-state index contributed by atoms with van der Waals surface area (Å²) in [5, 5.41) is 5.93. The number of carbonyl (C=O) groups excluding carboxylic acids is 2. The number of primary amides is 1. The lowest BCUT2D eigenvalue weighted by atomic mass is 10.1. The molecule has 8 nitrogen and oxygen atoms in total. The Labute approximate surface area is 116 Å². The van der Waals surface area contributed by atoms with Crippen LogP contribution in [0, 0.1) is 0 Å². The molecule has 0 spiro atoms. The summed E-state index contributed by atoms with van der Waals surface area (Å²) >= 11 is 0. The highest BCUT2D eigenvalue weighted by Crippen LogP contribution is 2.18. The van der Waals surface area contributed by atoms with Crippen LogP contribution in [0.2, 0.25) is 0 Å². The maximum atomic E-state index is 12.1. The van der Waals surface area contributed by atoms with Crippen LogP contribution in [0.4, 0.5) is 5.82 Å². The van der Waals surface area contributed by atoms with Gasteiger partial charge in [-0.15, -0.1) is 0 Å². The second-order valence-electron chi connectivity index (χ2n) is 4.40. The summed E-state index contributed by atoms with van der Waals surface area (Å²) in [7, 11) is 0. The summed E-state index contributed by atoms with van der Waals surface area (Å²) in [6.45, 7) is 4.15. The van der Waals surface area contributed by atoms with E-state index in [1.165, 1.54) is 12.4 Å². The molecule has 1 fully saturated rings. The number of aromatic nitrogens is 2. The normalized spacial score (nSPS) is 18.6. The van der Waals surface area contributed by atoms with Crippen molar-refractivity contribution in [1.29, 1.82) is 0 Å². The van der Waals surface area contributed by atoms with E-state index in [0.29, 0.717) is 32.0 Å². The first-order valence-electron chi connectivity index (χ1n) is 6.51. The van der Waals surface area contributed by atoms with Gasteiger partial charge in [0, 0.05) is 38.6 Å². The van der Waals surface area contributed by atoms with Gasteiger partial charge in [-0.05, 0) is 6.92 Å². The second kappa shape index (κ2) is 6.29. The van der Waals surface area contributed by atoms with Gasteiger partial charge in [-0.2, -0.15) is 0 Å². The lowest BCUT2D eigenvalue weighted by Gasteiger charge is -2.36. The molecule has 1 aromatic rings. The van der Waals surface area contributed by atoms with E-state index in [2.05, 4.69) is 20.6 Å². The monoisotopic (exact) mass is 278 g/mol. The molecule has 1 atom stereocenters. The van der Waals surface area contributed by atoms with Crippen molar-refractivity contribution >= 4 is 17.6 Å². The van der Waals surface area contributed by atoms with Gasteiger partial charge in [-0.1, -0.05) is 0 Å². The summed E-state index contributed by atoms with van der Waals surface area (Å²) in [4.78, 5) is 33.5. The Hall–Kier alpha value is -2.22. The van der Waals surface area contributed by atoms with Gasteiger partial charge in [0.2, 0.25) is 5.91 Å². The lowest BCUT2D eigenvalue weighted by Crippen LogP contribution is -2.58. The topological polar surface area (TPSA) is 113 Å². The van der Waals surface area contributed by atoms with Gasteiger partial charge >= 0.3 is 0 Å². The molecule has 0 aliphatic carbocycles. The van der Waals surface area contributed by atoms with E-state index < -0.39 is 11.9 Å². The van der Waals surface area contributed by atoms with E-state index >= 15 is 0 Å². The van der Waals surface area contributed by atoms with Gasteiger partial charge in [0.05, 0.1) is 0 Å². The maximum Gasteiger partial charge on any atom is 0.271 e. The summed E-state index contributed by atoms with van der Waals surface area (Å²) in [5.41, 5.74) is 5.40. The van der Waals surface area contributed by atoms with Crippen molar-refractivity contribution in [2.45, 2.75) is 13.0 Å². The van der Waals surface area contributed by atoms with E-state index in [1.54, 1.807) is 4.90 Å². The number of hydrogen-bond donors (Lipinski definition) is 3. The SMILES string of the molecule is CCNC(=O)C1CNCCN1c1nccnc1C(N)=O. The minimum absolute atomic E-state index is 0.0868. The minimum atomic E-state index is -0.652.